The number of amides is 1. The van der Waals surface area contributed by atoms with Crippen molar-refractivity contribution in [1.82, 2.24) is 4.90 Å². The standard InChI is InChI=1S/C14H16BrNO3/c15-7-10-5-6-16(8-10)14(17)13-9-18-11-3-1-2-4-12(11)19-13/h1-4,10,13H,5-9H2. The zero-order chi connectivity index (χ0) is 13.2. The first-order chi connectivity index (χ1) is 9.28. The monoisotopic (exact) mass is 325 g/mol. The van der Waals surface area contributed by atoms with Crippen LogP contribution in [0.4, 0.5) is 0 Å². The quantitative estimate of drug-likeness (QED) is 0.781. The number of ether oxygens (including phenoxy) is 2. The van der Waals surface area contributed by atoms with Gasteiger partial charge in [0, 0.05) is 18.4 Å². The Morgan fingerprint density at radius 2 is 2.16 bits per heavy atom. The van der Waals surface area contributed by atoms with Gasteiger partial charge in [0.1, 0.15) is 6.61 Å². The van der Waals surface area contributed by atoms with E-state index >= 15 is 0 Å². The van der Waals surface area contributed by atoms with Gasteiger partial charge in [0.2, 0.25) is 6.10 Å². The van der Waals surface area contributed by atoms with Crippen LogP contribution in [0.1, 0.15) is 6.42 Å². The summed E-state index contributed by atoms with van der Waals surface area (Å²) in [6.45, 7) is 1.92. The molecule has 3 rings (SSSR count). The highest BCUT2D eigenvalue weighted by Gasteiger charge is 2.34. The van der Waals surface area contributed by atoms with Crippen LogP contribution in [0.25, 0.3) is 0 Å². The number of likely N-dealkylation sites (tertiary alicyclic amines) is 1. The minimum atomic E-state index is -0.510. The molecule has 0 aliphatic carbocycles. The molecule has 2 atom stereocenters. The van der Waals surface area contributed by atoms with Crippen LogP contribution in [-0.2, 0) is 4.79 Å². The van der Waals surface area contributed by atoms with E-state index in [1.165, 1.54) is 0 Å². The molecule has 1 fully saturated rings. The molecule has 102 valence electrons. The van der Waals surface area contributed by atoms with Gasteiger partial charge in [-0.15, -0.1) is 0 Å². The molecule has 5 heteroatoms. The minimum absolute atomic E-state index is 0.0398. The number of hydrogen-bond donors (Lipinski definition) is 0. The van der Waals surface area contributed by atoms with Crippen LogP contribution in [0.3, 0.4) is 0 Å². The topological polar surface area (TPSA) is 38.8 Å². The number of para-hydroxylation sites is 2. The lowest BCUT2D eigenvalue weighted by atomic mass is 10.2. The molecule has 1 aromatic rings. The number of carbonyl (C=O) groups is 1. The summed E-state index contributed by atoms with van der Waals surface area (Å²) in [5.41, 5.74) is 0. The molecular weight excluding hydrogens is 310 g/mol. The van der Waals surface area contributed by atoms with E-state index in [1.54, 1.807) is 0 Å². The molecule has 0 radical (unpaired) electrons. The summed E-state index contributed by atoms with van der Waals surface area (Å²) in [6, 6.07) is 7.46. The lowest BCUT2D eigenvalue weighted by Crippen LogP contribution is -2.45. The molecule has 4 nitrogen and oxygen atoms in total. The molecule has 1 saturated heterocycles. The molecule has 2 aliphatic heterocycles. The number of halogens is 1. The van der Waals surface area contributed by atoms with Crippen molar-refractivity contribution in [2.75, 3.05) is 25.0 Å². The number of benzene rings is 1. The van der Waals surface area contributed by atoms with Crippen molar-refractivity contribution in [2.45, 2.75) is 12.5 Å². The molecule has 2 heterocycles. The van der Waals surface area contributed by atoms with Crippen molar-refractivity contribution >= 4 is 21.8 Å². The molecule has 1 amide bonds. The Hall–Kier alpha value is -1.23. The predicted octanol–water partition coefficient (Wildman–Crippen LogP) is 2.07. The highest BCUT2D eigenvalue weighted by atomic mass is 79.9. The molecule has 0 spiro atoms. The third kappa shape index (κ3) is 2.56. The fourth-order valence-electron chi connectivity index (χ4n) is 2.50. The summed E-state index contributed by atoms with van der Waals surface area (Å²) in [6.07, 6.45) is 0.546. The lowest BCUT2D eigenvalue weighted by Gasteiger charge is -2.28. The SMILES string of the molecule is O=C(C1COc2ccccc2O1)N1CCC(CBr)C1. The molecule has 19 heavy (non-hydrogen) atoms. The van der Waals surface area contributed by atoms with Gasteiger partial charge >= 0.3 is 0 Å². The van der Waals surface area contributed by atoms with Gasteiger partial charge in [-0.05, 0) is 24.5 Å². The Bertz CT molecular complexity index is 480. The second kappa shape index (κ2) is 5.41. The van der Waals surface area contributed by atoms with Crippen LogP contribution in [0, 0.1) is 5.92 Å². The third-order valence-electron chi connectivity index (χ3n) is 3.60. The Morgan fingerprint density at radius 1 is 1.37 bits per heavy atom. The van der Waals surface area contributed by atoms with E-state index in [2.05, 4.69) is 15.9 Å². The van der Waals surface area contributed by atoms with Crippen molar-refractivity contribution in [3.8, 4) is 11.5 Å². The van der Waals surface area contributed by atoms with Gasteiger partial charge in [-0.3, -0.25) is 4.79 Å². The molecule has 0 saturated carbocycles. The van der Waals surface area contributed by atoms with Crippen molar-refractivity contribution < 1.29 is 14.3 Å². The van der Waals surface area contributed by atoms with E-state index in [0.717, 1.165) is 24.8 Å². The van der Waals surface area contributed by atoms with Gasteiger partial charge in [0.15, 0.2) is 11.5 Å². The Morgan fingerprint density at radius 3 is 2.89 bits per heavy atom. The lowest BCUT2D eigenvalue weighted by molar-refractivity contribution is -0.140. The summed E-state index contributed by atoms with van der Waals surface area (Å²) in [7, 11) is 0. The number of fused-ring (bicyclic) bond motifs is 1. The summed E-state index contributed by atoms with van der Waals surface area (Å²) >= 11 is 3.48. The molecule has 0 aromatic heterocycles. The summed E-state index contributed by atoms with van der Waals surface area (Å²) in [5, 5.41) is 0.946. The van der Waals surface area contributed by atoms with Crippen molar-refractivity contribution in [1.29, 1.82) is 0 Å². The van der Waals surface area contributed by atoms with Gasteiger partial charge < -0.3 is 14.4 Å². The summed E-state index contributed by atoms with van der Waals surface area (Å²) < 4.78 is 11.3. The van der Waals surface area contributed by atoms with Crippen molar-refractivity contribution in [3.63, 3.8) is 0 Å². The van der Waals surface area contributed by atoms with Gasteiger partial charge in [0.25, 0.3) is 5.91 Å². The van der Waals surface area contributed by atoms with Crippen molar-refractivity contribution in [2.24, 2.45) is 5.92 Å². The fraction of sp³-hybridized carbons (Fsp3) is 0.500. The molecule has 0 N–H and O–H groups in total. The zero-order valence-corrected chi connectivity index (χ0v) is 12.1. The Kier molecular flexibility index (Phi) is 3.64. The second-order valence-electron chi connectivity index (χ2n) is 4.96. The van der Waals surface area contributed by atoms with Gasteiger partial charge in [0.05, 0.1) is 0 Å². The molecule has 2 aliphatic rings. The van der Waals surface area contributed by atoms with Crippen LogP contribution in [0.2, 0.25) is 0 Å². The second-order valence-corrected chi connectivity index (χ2v) is 5.60. The highest BCUT2D eigenvalue weighted by molar-refractivity contribution is 9.09. The number of hydrogen-bond acceptors (Lipinski definition) is 3. The molecule has 2 unspecified atom stereocenters. The van der Waals surface area contributed by atoms with Crippen LogP contribution in [0.15, 0.2) is 24.3 Å². The maximum absolute atomic E-state index is 12.4. The average Bonchev–Trinajstić information content (AvgIpc) is 2.95. The first-order valence-electron chi connectivity index (χ1n) is 6.51. The zero-order valence-electron chi connectivity index (χ0n) is 10.5. The van der Waals surface area contributed by atoms with Gasteiger partial charge in [-0.25, -0.2) is 0 Å². The van der Waals surface area contributed by atoms with E-state index in [-0.39, 0.29) is 5.91 Å². The largest absolute Gasteiger partial charge is 0.485 e. The summed E-state index contributed by atoms with van der Waals surface area (Å²) in [5.74, 6) is 1.97. The van der Waals surface area contributed by atoms with E-state index in [1.807, 2.05) is 29.2 Å². The van der Waals surface area contributed by atoms with E-state index in [9.17, 15) is 4.79 Å². The van der Waals surface area contributed by atoms with E-state index in [4.69, 9.17) is 9.47 Å². The van der Waals surface area contributed by atoms with Crippen LogP contribution in [0.5, 0.6) is 11.5 Å². The van der Waals surface area contributed by atoms with Crippen LogP contribution in [-0.4, -0.2) is 41.9 Å². The van der Waals surface area contributed by atoms with E-state index in [0.29, 0.717) is 24.0 Å². The van der Waals surface area contributed by atoms with Crippen LogP contribution < -0.4 is 9.47 Å². The van der Waals surface area contributed by atoms with E-state index < -0.39 is 6.10 Å². The first kappa shape index (κ1) is 12.8. The molecular formula is C14H16BrNO3. The molecule has 0 bridgehead atoms. The smallest absolute Gasteiger partial charge is 0.267 e. The fourth-order valence-corrected chi connectivity index (χ4v) is 3.03. The number of nitrogens with zero attached hydrogens (tertiary/aromatic N) is 1. The molecule has 1 aromatic carbocycles. The number of carbonyl (C=O) groups excluding carboxylic acids is 1. The average molecular weight is 326 g/mol. The normalized spacial score (nSPS) is 25.4. The third-order valence-corrected chi connectivity index (χ3v) is 4.52. The van der Waals surface area contributed by atoms with Gasteiger partial charge in [-0.2, -0.15) is 0 Å². The Labute approximate surface area is 120 Å². The van der Waals surface area contributed by atoms with Crippen LogP contribution >= 0.6 is 15.9 Å². The number of rotatable bonds is 2. The highest BCUT2D eigenvalue weighted by Crippen LogP contribution is 2.31. The minimum Gasteiger partial charge on any atom is -0.485 e. The van der Waals surface area contributed by atoms with Gasteiger partial charge in [-0.1, -0.05) is 28.1 Å². The maximum Gasteiger partial charge on any atom is 0.267 e. The Balaban J connectivity index is 1.66. The predicted molar refractivity (Wildman–Crippen MR) is 74.8 cm³/mol. The number of alkyl halides is 1. The first-order valence-corrected chi connectivity index (χ1v) is 7.63. The van der Waals surface area contributed by atoms with Crippen molar-refractivity contribution in [3.05, 3.63) is 24.3 Å². The summed E-state index contributed by atoms with van der Waals surface area (Å²) in [4.78, 5) is 14.3. The maximum atomic E-state index is 12.4.